The van der Waals surface area contributed by atoms with Crippen LogP contribution in [-0.4, -0.2) is 40.0 Å². The monoisotopic (exact) mass is 512 g/mol. The Bertz CT molecular complexity index is 1160. The molecule has 196 valence electrons. The molecule has 6 rings (SSSR count). The van der Waals surface area contributed by atoms with Gasteiger partial charge < -0.3 is 9.84 Å². The van der Waals surface area contributed by atoms with Crippen molar-refractivity contribution in [3.05, 3.63) is 29.4 Å². The van der Waals surface area contributed by atoms with Crippen molar-refractivity contribution in [3.63, 3.8) is 0 Å². The first-order valence-electron chi connectivity index (χ1n) is 14.0. The second-order valence-corrected chi connectivity index (χ2v) is 13.6. The van der Waals surface area contributed by atoms with Crippen molar-refractivity contribution in [1.29, 1.82) is 0 Å². The van der Waals surface area contributed by atoms with E-state index < -0.39 is 5.60 Å². The number of halogens is 1. The average Bonchev–Trinajstić information content (AvgIpc) is 3.39. The van der Waals surface area contributed by atoms with Crippen LogP contribution >= 0.6 is 11.6 Å². The molecule has 1 aromatic carbocycles. The molecule has 4 fully saturated rings. The number of hydrogen-bond donors (Lipinski definition) is 1. The summed E-state index contributed by atoms with van der Waals surface area (Å²) in [7, 11) is 1.70. The predicted molar refractivity (Wildman–Crippen MR) is 142 cm³/mol. The maximum atomic E-state index is 13.7. The Morgan fingerprint density at radius 1 is 1.11 bits per heavy atom. The molecule has 8 atom stereocenters. The molecule has 0 unspecified atom stereocenters. The van der Waals surface area contributed by atoms with Crippen molar-refractivity contribution in [2.75, 3.05) is 13.7 Å². The third kappa shape index (κ3) is 3.79. The van der Waals surface area contributed by atoms with Gasteiger partial charge in [-0.3, -0.25) is 9.48 Å². The van der Waals surface area contributed by atoms with E-state index in [9.17, 15) is 9.90 Å². The maximum absolute atomic E-state index is 13.7. The van der Waals surface area contributed by atoms with E-state index in [-0.39, 0.29) is 11.3 Å². The zero-order valence-electron chi connectivity index (χ0n) is 22.0. The second-order valence-electron chi connectivity index (χ2n) is 13.2. The molecule has 4 aliphatic carbocycles. The van der Waals surface area contributed by atoms with Crippen molar-refractivity contribution < 1.29 is 14.6 Å². The van der Waals surface area contributed by atoms with Crippen LogP contribution in [0.1, 0.15) is 71.6 Å². The van der Waals surface area contributed by atoms with E-state index in [4.69, 9.17) is 16.3 Å². The lowest BCUT2D eigenvalue weighted by Gasteiger charge is -2.62. The topological polar surface area (TPSA) is 64.3 Å². The third-order valence-corrected chi connectivity index (χ3v) is 11.8. The number of rotatable bonds is 5. The zero-order valence-corrected chi connectivity index (χ0v) is 22.8. The Labute approximate surface area is 219 Å². The van der Waals surface area contributed by atoms with E-state index in [2.05, 4.69) is 18.9 Å². The van der Waals surface area contributed by atoms with Gasteiger partial charge in [-0.05, 0) is 110 Å². The van der Waals surface area contributed by atoms with Crippen LogP contribution in [-0.2, 0) is 16.1 Å². The summed E-state index contributed by atoms with van der Waals surface area (Å²) in [6.07, 6.45) is 11.7. The number of nitrogens with zero attached hydrogens (tertiary/aromatic N) is 2. The minimum atomic E-state index is -0.651. The van der Waals surface area contributed by atoms with Gasteiger partial charge in [-0.2, -0.15) is 5.10 Å². The van der Waals surface area contributed by atoms with Crippen LogP contribution in [0.25, 0.3) is 10.9 Å². The number of benzene rings is 1. The van der Waals surface area contributed by atoms with E-state index in [1.807, 2.05) is 29.1 Å². The Hall–Kier alpha value is -1.43. The van der Waals surface area contributed by atoms with Crippen molar-refractivity contribution in [3.8, 4) is 0 Å². The molecule has 4 aliphatic rings. The molecule has 36 heavy (non-hydrogen) atoms. The van der Waals surface area contributed by atoms with E-state index in [1.54, 1.807) is 7.11 Å². The number of Topliss-reactive ketones (excluding diaryl/α,β-unsaturated/α-hetero) is 1. The number of hydrogen-bond acceptors (Lipinski definition) is 4. The Morgan fingerprint density at radius 2 is 1.92 bits per heavy atom. The molecule has 1 N–H and O–H groups in total. The van der Waals surface area contributed by atoms with Gasteiger partial charge in [0.05, 0.1) is 23.9 Å². The lowest BCUT2D eigenvalue weighted by atomic mass is 9.44. The lowest BCUT2D eigenvalue weighted by molar-refractivity contribution is -0.164. The van der Waals surface area contributed by atoms with E-state index in [0.717, 1.165) is 48.9 Å². The van der Waals surface area contributed by atoms with Crippen LogP contribution in [0.5, 0.6) is 0 Å². The fraction of sp³-hybridized carbons (Fsp3) is 0.733. The van der Waals surface area contributed by atoms with E-state index in [1.165, 1.54) is 25.7 Å². The molecule has 2 aromatic rings. The summed E-state index contributed by atoms with van der Waals surface area (Å²) in [5, 5.41) is 17.3. The number of fused-ring (bicyclic) bond motifs is 6. The molecular formula is C30H41ClN2O3. The largest absolute Gasteiger partial charge is 0.387 e. The Balaban J connectivity index is 1.19. The molecule has 4 saturated carbocycles. The number of carbonyl (C=O) groups excluding carboxylic acids is 1. The van der Waals surface area contributed by atoms with Gasteiger partial charge in [0.1, 0.15) is 6.54 Å². The normalized spacial score (nSPS) is 42.1. The summed E-state index contributed by atoms with van der Waals surface area (Å²) in [5.74, 6) is 3.12. The summed E-state index contributed by atoms with van der Waals surface area (Å²) in [6.45, 7) is 5.76. The van der Waals surface area contributed by atoms with Gasteiger partial charge in [-0.15, -0.1) is 0 Å². The minimum absolute atomic E-state index is 0.0964. The SMILES string of the molecule is COC[C@@]1(O)CC[C@@]2(C)[C@@H](CC[C@@H]3[C@@H]2CC[C@]2(C)[C@@H](C(=O)Cn4ncc5cc(Cl)ccc54)CC[C@@H]32)C1. The molecule has 0 radical (unpaired) electrons. The van der Waals surface area contributed by atoms with Gasteiger partial charge in [0, 0.05) is 23.4 Å². The minimum Gasteiger partial charge on any atom is -0.387 e. The molecule has 0 spiro atoms. The smallest absolute Gasteiger partial charge is 0.157 e. The summed E-state index contributed by atoms with van der Waals surface area (Å²) in [5.41, 5.74) is 0.732. The molecule has 1 aromatic heterocycles. The van der Waals surface area contributed by atoms with Gasteiger partial charge in [-0.1, -0.05) is 25.4 Å². The lowest BCUT2D eigenvalue weighted by Crippen LogP contribution is -2.57. The summed E-state index contributed by atoms with van der Waals surface area (Å²) < 4.78 is 7.25. The molecule has 0 amide bonds. The number of methoxy groups -OCH3 is 1. The van der Waals surface area contributed by atoms with Gasteiger partial charge in [0.2, 0.25) is 0 Å². The van der Waals surface area contributed by atoms with Crippen molar-refractivity contribution in [2.45, 2.75) is 83.8 Å². The predicted octanol–water partition coefficient (Wildman–Crippen LogP) is 6.30. The summed E-state index contributed by atoms with van der Waals surface area (Å²) in [4.78, 5) is 13.7. The first-order chi connectivity index (χ1) is 17.2. The molecule has 6 heteroatoms. The molecule has 0 bridgehead atoms. The summed E-state index contributed by atoms with van der Waals surface area (Å²) >= 11 is 6.15. The quantitative estimate of drug-likeness (QED) is 0.511. The second kappa shape index (κ2) is 8.81. The van der Waals surface area contributed by atoms with Crippen molar-refractivity contribution in [2.24, 2.45) is 40.4 Å². The van der Waals surface area contributed by atoms with Crippen LogP contribution in [0.2, 0.25) is 5.02 Å². The van der Waals surface area contributed by atoms with Crippen molar-refractivity contribution in [1.82, 2.24) is 9.78 Å². The first kappa shape index (κ1) is 24.9. The maximum Gasteiger partial charge on any atom is 0.157 e. The number of aliphatic hydroxyl groups is 1. The highest BCUT2D eigenvalue weighted by Crippen LogP contribution is 2.68. The average molecular weight is 513 g/mol. The highest BCUT2D eigenvalue weighted by atomic mass is 35.5. The number of aromatic nitrogens is 2. The molecule has 0 aliphatic heterocycles. The van der Waals surface area contributed by atoms with Crippen LogP contribution in [0.3, 0.4) is 0 Å². The van der Waals surface area contributed by atoms with E-state index in [0.29, 0.717) is 47.1 Å². The summed E-state index contributed by atoms with van der Waals surface area (Å²) in [6, 6.07) is 5.76. The van der Waals surface area contributed by atoms with E-state index >= 15 is 0 Å². The van der Waals surface area contributed by atoms with Crippen LogP contribution in [0.15, 0.2) is 24.4 Å². The number of ether oxygens (including phenoxy) is 1. The fourth-order valence-corrected chi connectivity index (χ4v) is 9.87. The van der Waals surface area contributed by atoms with Gasteiger partial charge in [-0.25, -0.2) is 0 Å². The Morgan fingerprint density at radius 3 is 2.72 bits per heavy atom. The molecule has 0 saturated heterocycles. The molecule has 5 nitrogen and oxygen atoms in total. The first-order valence-corrected chi connectivity index (χ1v) is 14.4. The third-order valence-electron chi connectivity index (χ3n) is 11.5. The van der Waals surface area contributed by atoms with Gasteiger partial charge in [0.15, 0.2) is 5.78 Å². The highest BCUT2D eigenvalue weighted by molar-refractivity contribution is 6.31. The van der Waals surface area contributed by atoms with Crippen LogP contribution in [0.4, 0.5) is 0 Å². The number of ketones is 1. The number of carbonyl (C=O) groups is 1. The zero-order chi connectivity index (χ0) is 25.3. The molecular weight excluding hydrogens is 472 g/mol. The Kier molecular flexibility index (Phi) is 6.09. The van der Waals surface area contributed by atoms with Crippen LogP contribution < -0.4 is 0 Å². The van der Waals surface area contributed by atoms with Gasteiger partial charge in [0.25, 0.3) is 0 Å². The molecule has 1 heterocycles. The highest BCUT2D eigenvalue weighted by Gasteiger charge is 2.62. The van der Waals surface area contributed by atoms with Crippen molar-refractivity contribution >= 4 is 28.3 Å². The van der Waals surface area contributed by atoms with Crippen LogP contribution in [0, 0.1) is 40.4 Å². The standard InChI is InChI=1S/C30H41ClN2O3/c1-28-12-13-30(35,18-36-3)15-20(28)4-6-22-23-7-8-25(29(23,2)11-10-24(22)28)27(34)17-33-26-9-5-21(31)14-19(26)16-32-33/h5,9,14,16,20,22-25,35H,4,6-8,10-13,15,17-18H2,1-3H3/t20-,22-,23-,24-,25+,28-,29-,30+/m0/s1. The fourth-order valence-electron chi connectivity index (χ4n) is 9.69. The van der Waals surface area contributed by atoms with Gasteiger partial charge >= 0.3 is 0 Å².